The van der Waals surface area contributed by atoms with Gasteiger partial charge >= 0.3 is 0 Å². The van der Waals surface area contributed by atoms with Crippen LogP contribution in [0, 0.1) is 0 Å². The van der Waals surface area contributed by atoms with Crippen LogP contribution in [0.1, 0.15) is 6.42 Å². The average molecular weight is 269 g/mol. The third-order valence-corrected chi connectivity index (χ3v) is 4.71. The summed E-state index contributed by atoms with van der Waals surface area (Å²) in [6.07, 6.45) is 2.12. The van der Waals surface area contributed by atoms with Crippen molar-refractivity contribution in [2.45, 2.75) is 12.5 Å². The van der Waals surface area contributed by atoms with E-state index in [2.05, 4.69) is 4.90 Å². The van der Waals surface area contributed by atoms with Crippen LogP contribution in [-0.4, -0.2) is 45.2 Å². The molecule has 0 saturated carbocycles. The Morgan fingerprint density at radius 2 is 1.94 bits per heavy atom. The molecule has 1 aliphatic rings. The van der Waals surface area contributed by atoms with Crippen LogP contribution in [0.5, 0.6) is 0 Å². The highest BCUT2D eigenvalue weighted by Gasteiger charge is 2.30. The third kappa shape index (κ3) is 2.76. The zero-order valence-electron chi connectivity index (χ0n) is 10.7. The van der Waals surface area contributed by atoms with Gasteiger partial charge in [-0.1, -0.05) is 0 Å². The quantitative estimate of drug-likeness (QED) is 0.822. The molecular weight excluding hydrogens is 250 g/mol. The molecule has 0 aromatic heterocycles. The Hall–Kier alpha value is -1.27. The first kappa shape index (κ1) is 13.2. The summed E-state index contributed by atoms with van der Waals surface area (Å²) in [6.45, 7) is 1.16. The monoisotopic (exact) mass is 269 g/mol. The van der Waals surface area contributed by atoms with E-state index in [1.165, 1.54) is 10.6 Å². The number of sulfonamides is 1. The number of nitrogens with two attached hydrogens (primary N) is 1. The number of anilines is 2. The van der Waals surface area contributed by atoms with E-state index in [1.807, 2.05) is 31.3 Å². The van der Waals surface area contributed by atoms with Crippen molar-refractivity contribution in [1.82, 2.24) is 4.31 Å². The van der Waals surface area contributed by atoms with Gasteiger partial charge in [0.15, 0.2) is 0 Å². The molecule has 1 saturated heterocycles. The maximum atomic E-state index is 11.5. The summed E-state index contributed by atoms with van der Waals surface area (Å²) in [4.78, 5) is 2.12. The average Bonchev–Trinajstić information content (AvgIpc) is 2.78. The molecule has 18 heavy (non-hydrogen) atoms. The zero-order chi connectivity index (χ0) is 13.3. The predicted octanol–water partition coefficient (Wildman–Crippen LogP) is 0.739. The molecular formula is C12H19N3O2S. The van der Waals surface area contributed by atoms with Crippen molar-refractivity contribution < 1.29 is 8.42 Å². The molecule has 100 valence electrons. The third-order valence-electron chi connectivity index (χ3n) is 3.44. The zero-order valence-corrected chi connectivity index (χ0v) is 11.5. The second-order valence-electron chi connectivity index (χ2n) is 4.77. The lowest BCUT2D eigenvalue weighted by Gasteiger charge is -2.26. The van der Waals surface area contributed by atoms with Crippen LogP contribution in [0.4, 0.5) is 11.4 Å². The van der Waals surface area contributed by atoms with Gasteiger partial charge in [-0.05, 0) is 30.7 Å². The Kier molecular flexibility index (Phi) is 3.49. The fraction of sp³-hybridized carbons (Fsp3) is 0.500. The fourth-order valence-corrected chi connectivity index (χ4v) is 3.13. The van der Waals surface area contributed by atoms with Crippen molar-refractivity contribution in [2.75, 3.05) is 37.0 Å². The van der Waals surface area contributed by atoms with Gasteiger partial charge in [0.2, 0.25) is 10.0 Å². The molecule has 0 bridgehead atoms. The number of benzene rings is 1. The summed E-state index contributed by atoms with van der Waals surface area (Å²) in [5.41, 5.74) is 7.45. The van der Waals surface area contributed by atoms with Crippen LogP contribution >= 0.6 is 0 Å². The summed E-state index contributed by atoms with van der Waals surface area (Å²) in [5.74, 6) is 0. The van der Waals surface area contributed by atoms with Gasteiger partial charge in [0, 0.05) is 37.6 Å². The summed E-state index contributed by atoms with van der Waals surface area (Å²) >= 11 is 0. The van der Waals surface area contributed by atoms with Crippen LogP contribution in [0.2, 0.25) is 0 Å². The normalized spacial score (nSPS) is 21.1. The molecule has 0 radical (unpaired) electrons. The summed E-state index contributed by atoms with van der Waals surface area (Å²) in [7, 11) is -1.08. The molecule has 0 aliphatic carbocycles. The van der Waals surface area contributed by atoms with E-state index in [4.69, 9.17) is 5.73 Å². The Morgan fingerprint density at radius 3 is 2.44 bits per heavy atom. The number of nitrogen functional groups attached to an aromatic ring is 1. The first-order chi connectivity index (χ1) is 8.38. The molecule has 5 nitrogen and oxygen atoms in total. The minimum Gasteiger partial charge on any atom is -0.399 e. The van der Waals surface area contributed by atoms with Crippen molar-refractivity contribution in [3.05, 3.63) is 24.3 Å². The van der Waals surface area contributed by atoms with Gasteiger partial charge in [0.05, 0.1) is 6.26 Å². The van der Waals surface area contributed by atoms with E-state index in [1.54, 1.807) is 0 Å². The van der Waals surface area contributed by atoms with Gasteiger partial charge in [-0.3, -0.25) is 0 Å². The number of rotatable bonds is 3. The van der Waals surface area contributed by atoms with Gasteiger partial charge in [-0.2, -0.15) is 0 Å². The van der Waals surface area contributed by atoms with E-state index >= 15 is 0 Å². The van der Waals surface area contributed by atoms with E-state index in [0.717, 1.165) is 17.8 Å². The van der Waals surface area contributed by atoms with Crippen molar-refractivity contribution in [3.63, 3.8) is 0 Å². The predicted molar refractivity (Wildman–Crippen MR) is 74.1 cm³/mol. The molecule has 2 N–H and O–H groups in total. The molecule has 1 heterocycles. The highest BCUT2D eigenvalue weighted by Crippen LogP contribution is 2.23. The highest BCUT2D eigenvalue weighted by atomic mass is 32.2. The number of nitrogens with zero attached hydrogens (tertiary/aromatic N) is 2. The van der Waals surface area contributed by atoms with Gasteiger partial charge in [-0.25, -0.2) is 12.7 Å². The second kappa shape index (κ2) is 4.78. The van der Waals surface area contributed by atoms with Crippen LogP contribution in [0.3, 0.4) is 0 Å². The van der Waals surface area contributed by atoms with E-state index < -0.39 is 10.0 Å². The van der Waals surface area contributed by atoms with E-state index in [-0.39, 0.29) is 6.04 Å². The standard InChI is InChI=1S/C12H19N3O2S/c1-14(11-5-3-10(13)4-6-11)12-7-8-15(9-12)18(2,16)17/h3-6,12H,7-9,13H2,1-2H3/t12-/m0/s1. The molecule has 1 fully saturated rings. The maximum Gasteiger partial charge on any atom is 0.211 e. The van der Waals surface area contributed by atoms with Gasteiger partial charge in [0.1, 0.15) is 0 Å². The first-order valence-electron chi connectivity index (χ1n) is 5.91. The molecule has 0 spiro atoms. The van der Waals surface area contributed by atoms with Crippen LogP contribution in [0.25, 0.3) is 0 Å². The second-order valence-corrected chi connectivity index (χ2v) is 6.75. The molecule has 2 rings (SSSR count). The minimum absolute atomic E-state index is 0.225. The van der Waals surface area contributed by atoms with Gasteiger partial charge in [0.25, 0.3) is 0 Å². The van der Waals surface area contributed by atoms with Crippen molar-refractivity contribution in [3.8, 4) is 0 Å². The van der Waals surface area contributed by atoms with Crippen molar-refractivity contribution in [1.29, 1.82) is 0 Å². The van der Waals surface area contributed by atoms with Gasteiger partial charge in [-0.15, -0.1) is 0 Å². The molecule has 0 amide bonds. The van der Waals surface area contributed by atoms with Crippen molar-refractivity contribution in [2.24, 2.45) is 0 Å². The van der Waals surface area contributed by atoms with E-state index in [0.29, 0.717) is 13.1 Å². The highest BCUT2D eigenvalue weighted by molar-refractivity contribution is 7.88. The molecule has 1 atom stereocenters. The van der Waals surface area contributed by atoms with E-state index in [9.17, 15) is 8.42 Å². The SMILES string of the molecule is CN(c1ccc(N)cc1)[C@H]1CCN(S(C)(=O)=O)C1. The lowest BCUT2D eigenvalue weighted by atomic mass is 10.2. The maximum absolute atomic E-state index is 11.5. The van der Waals surface area contributed by atoms with Crippen LogP contribution < -0.4 is 10.6 Å². The molecule has 1 aromatic carbocycles. The molecule has 6 heteroatoms. The van der Waals surface area contributed by atoms with Gasteiger partial charge < -0.3 is 10.6 Å². The summed E-state index contributed by atoms with van der Waals surface area (Å²) < 4.78 is 24.5. The van der Waals surface area contributed by atoms with Crippen molar-refractivity contribution >= 4 is 21.4 Å². The Labute approximate surface area is 108 Å². The van der Waals surface area contributed by atoms with Crippen LogP contribution in [0.15, 0.2) is 24.3 Å². The lowest BCUT2D eigenvalue weighted by Crippen LogP contribution is -2.36. The number of hydrogen-bond acceptors (Lipinski definition) is 4. The minimum atomic E-state index is -3.07. The Morgan fingerprint density at radius 1 is 1.33 bits per heavy atom. The fourth-order valence-electron chi connectivity index (χ4n) is 2.25. The largest absolute Gasteiger partial charge is 0.399 e. The number of likely N-dealkylation sites (N-methyl/N-ethyl adjacent to an activating group) is 1. The molecule has 1 aliphatic heterocycles. The molecule has 1 aromatic rings. The topological polar surface area (TPSA) is 66.6 Å². The van der Waals surface area contributed by atoms with Crippen LogP contribution in [-0.2, 0) is 10.0 Å². The number of hydrogen-bond donors (Lipinski definition) is 1. The smallest absolute Gasteiger partial charge is 0.211 e. The Bertz CT molecular complexity index is 513. The Balaban J connectivity index is 2.08. The molecule has 0 unspecified atom stereocenters. The first-order valence-corrected chi connectivity index (χ1v) is 7.76. The summed E-state index contributed by atoms with van der Waals surface area (Å²) in [6, 6.07) is 7.85. The summed E-state index contributed by atoms with van der Waals surface area (Å²) in [5, 5.41) is 0. The lowest BCUT2D eigenvalue weighted by molar-refractivity contribution is 0.476.